The van der Waals surface area contributed by atoms with Crippen LogP contribution in [0.15, 0.2) is 35.8 Å². The highest BCUT2D eigenvalue weighted by atomic mass is 16.5. The van der Waals surface area contributed by atoms with Gasteiger partial charge in [-0.05, 0) is 38.5 Å². The number of ether oxygens (including phenoxy) is 3. The van der Waals surface area contributed by atoms with Crippen LogP contribution < -0.4 is 26.3 Å². The maximum Gasteiger partial charge on any atom is 0.249 e. The average molecular weight is 425 g/mol. The second-order valence-electron chi connectivity index (χ2n) is 6.94. The number of rotatable bonds is 7. The first kappa shape index (κ1) is 21.9. The van der Waals surface area contributed by atoms with Crippen molar-refractivity contribution >= 4 is 17.5 Å². The van der Waals surface area contributed by atoms with Crippen molar-refractivity contribution in [2.45, 2.75) is 26.7 Å². The molecule has 0 bridgehead atoms. The molecule has 31 heavy (non-hydrogen) atoms. The Bertz CT molecular complexity index is 1060. The molecule has 9 nitrogen and oxygen atoms in total. The number of anilines is 1. The van der Waals surface area contributed by atoms with E-state index >= 15 is 0 Å². The van der Waals surface area contributed by atoms with Crippen LogP contribution in [0.5, 0.6) is 11.6 Å². The van der Waals surface area contributed by atoms with Crippen LogP contribution in [-0.2, 0) is 9.53 Å². The highest BCUT2D eigenvalue weighted by Gasteiger charge is 2.37. The first-order valence-electron chi connectivity index (χ1n) is 9.92. The van der Waals surface area contributed by atoms with Gasteiger partial charge >= 0.3 is 0 Å². The van der Waals surface area contributed by atoms with E-state index in [0.717, 1.165) is 5.56 Å². The van der Waals surface area contributed by atoms with Gasteiger partial charge in [-0.2, -0.15) is 0 Å². The predicted molar refractivity (Wildman–Crippen MR) is 117 cm³/mol. The van der Waals surface area contributed by atoms with Crippen molar-refractivity contribution < 1.29 is 19.0 Å². The first-order chi connectivity index (χ1) is 14.8. The molecule has 1 atom stereocenters. The van der Waals surface area contributed by atoms with Gasteiger partial charge in [0.05, 0.1) is 43.1 Å². The number of benzene rings is 1. The highest BCUT2D eigenvalue weighted by Crippen LogP contribution is 2.48. The summed E-state index contributed by atoms with van der Waals surface area (Å²) in [6.07, 6.45) is 1.68. The largest absolute Gasteiger partial charge is 0.496 e. The number of pyridine rings is 1. The minimum atomic E-state index is -0.673. The smallest absolute Gasteiger partial charge is 0.249 e. The van der Waals surface area contributed by atoms with Crippen LogP contribution in [-0.4, -0.2) is 37.1 Å². The molecule has 0 saturated heterocycles. The van der Waals surface area contributed by atoms with Crippen LogP contribution >= 0.6 is 0 Å². The number of primary amides is 1. The fraction of sp³-hybridized carbons (Fsp3) is 0.318. The van der Waals surface area contributed by atoms with Gasteiger partial charge < -0.3 is 31.0 Å². The van der Waals surface area contributed by atoms with E-state index in [-0.39, 0.29) is 17.3 Å². The minimum absolute atomic E-state index is 0.0239. The lowest BCUT2D eigenvalue weighted by atomic mass is 9.80. The maximum atomic E-state index is 12.5. The third-order valence-corrected chi connectivity index (χ3v) is 5.04. The number of aryl methyl sites for hydroxylation is 1. The van der Waals surface area contributed by atoms with Crippen LogP contribution in [0.25, 0.3) is 0 Å². The lowest BCUT2D eigenvalue weighted by molar-refractivity contribution is -0.114. The molecular formula is C22H27N5O4. The number of amides is 1. The van der Waals surface area contributed by atoms with Crippen molar-refractivity contribution in [3.05, 3.63) is 58.0 Å². The summed E-state index contributed by atoms with van der Waals surface area (Å²) in [5, 5.41) is 11.2. The molecule has 2 aromatic rings. The molecule has 1 aromatic carbocycles. The highest BCUT2D eigenvalue weighted by molar-refractivity contribution is 5.98. The van der Waals surface area contributed by atoms with Crippen LogP contribution in [0.4, 0.5) is 5.69 Å². The molecule has 0 saturated carbocycles. The Labute approximate surface area is 180 Å². The average Bonchev–Trinajstić information content (AvgIpc) is 2.74. The van der Waals surface area contributed by atoms with Crippen LogP contribution in [0.1, 0.15) is 42.0 Å². The SMILES string of the molecule is CCOC(=N)c1ccc(C2C(C(N)=O)=C(N)Nc3c(C)cnc(OCC)c32)c(OC)c1. The number of carbonyl (C=O) groups excluding carboxylic acids is 1. The molecule has 1 aromatic heterocycles. The minimum Gasteiger partial charge on any atom is -0.496 e. The van der Waals surface area contributed by atoms with Gasteiger partial charge in [0.25, 0.3) is 0 Å². The summed E-state index contributed by atoms with van der Waals surface area (Å²) < 4.78 is 16.7. The fourth-order valence-corrected chi connectivity index (χ4v) is 3.70. The van der Waals surface area contributed by atoms with Crippen molar-refractivity contribution in [2.24, 2.45) is 11.5 Å². The van der Waals surface area contributed by atoms with E-state index in [1.54, 1.807) is 24.4 Å². The molecule has 0 fully saturated rings. The summed E-state index contributed by atoms with van der Waals surface area (Å²) in [7, 11) is 1.52. The topological polar surface area (TPSA) is 146 Å². The quantitative estimate of drug-likeness (QED) is 0.393. The number of hydrogen-bond donors (Lipinski definition) is 4. The molecule has 1 aliphatic rings. The van der Waals surface area contributed by atoms with Gasteiger partial charge in [0.1, 0.15) is 11.6 Å². The lowest BCUT2D eigenvalue weighted by Gasteiger charge is -2.32. The molecule has 1 aliphatic heterocycles. The molecule has 2 heterocycles. The van der Waals surface area contributed by atoms with Crippen LogP contribution in [0.2, 0.25) is 0 Å². The van der Waals surface area contributed by atoms with Crippen molar-refractivity contribution in [3.8, 4) is 11.6 Å². The van der Waals surface area contributed by atoms with E-state index in [1.165, 1.54) is 7.11 Å². The molecule has 3 rings (SSSR count). The first-order valence-corrected chi connectivity index (χ1v) is 9.92. The van der Waals surface area contributed by atoms with E-state index in [2.05, 4.69) is 10.3 Å². The van der Waals surface area contributed by atoms with E-state index in [4.69, 9.17) is 31.1 Å². The Morgan fingerprint density at radius 2 is 2.03 bits per heavy atom. The molecule has 0 radical (unpaired) electrons. The van der Waals surface area contributed by atoms with Crippen molar-refractivity contribution in [1.82, 2.24) is 4.98 Å². The number of nitrogens with one attached hydrogen (secondary N) is 2. The Balaban J connectivity index is 2.29. The Morgan fingerprint density at radius 3 is 2.65 bits per heavy atom. The third-order valence-electron chi connectivity index (χ3n) is 5.04. The number of nitrogens with zero attached hydrogens (tertiary/aromatic N) is 1. The number of hydrogen-bond acceptors (Lipinski definition) is 8. The Hall–Kier alpha value is -3.75. The van der Waals surface area contributed by atoms with Gasteiger partial charge in [-0.1, -0.05) is 6.07 Å². The van der Waals surface area contributed by atoms with Gasteiger partial charge in [-0.15, -0.1) is 0 Å². The van der Waals surface area contributed by atoms with Gasteiger partial charge in [0.15, 0.2) is 0 Å². The zero-order valence-electron chi connectivity index (χ0n) is 18.0. The standard InChI is InChI=1S/C22H27N5O4/c1-5-30-21(25)12-7-8-13(14(9-12)29-4)15-16-18(27-19(23)17(15)20(24)28)11(3)10-26-22(16)31-6-2/h7-10,15,25,27H,5-6,23H2,1-4H3,(H2,24,28). The summed E-state index contributed by atoms with van der Waals surface area (Å²) in [6, 6.07) is 5.19. The summed E-state index contributed by atoms with van der Waals surface area (Å²) in [6.45, 7) is 6.31. The normalized spacial score (nSPS) is 15.0. The third kappa shape index (κ3) is 3.98. The molecule has 9 heteroatoms. The number of nitrogens with two attached hydrogens (primary N) is 2. The van der Waals surface area contributed by atoms with E-state index in [9.17, 15) is 4.79 Å². The second-order valence-corrected chi connectivity index (χ2v) is 6.94. The lowest BCUT2D eigenvalue weighted by Crippen LogP contribution is -2.32. The van der Waals surface area contributed by atoms with Crippen molar-refractivity contribution in [2.75, 3.05) is 25.6 Å². The summed E-state index contributed by atoms with van der Waals surface area (Å²) in [5.41, 5.74) is 15.5. The monoisotopic (exact) mass is 425 g/mol. The predicted octanol–water partition coefficient (Wildman–Crippen LogP) is 2.37. The Morgan fingerprint density at radius 1 is 1.29 bits per heavy atom. The van der Waals surface area contributed by atoms with Crippen molar-refractivity contribution in [1.29, 1.82) is 5.41 Å². The summed E-state index contributed by atoms with van der Waals surface area (Å²) in [4.78, 5) is 16.9. The molecule has 1 amide bonds. The molecule has 6 N–H and O–H groups in total. The van der Waals surface area contributed by atoms with Gasteiger partial charge in [0, 0.05) is 17.3 Å². The van der Waals surface area contributed by atoms with Gasteiger partial charge in [0.2, 0.25) is 17.7 Å². The van der Waals surface area contributed by atoms with E-state index in [0.29, 0.717) is 47.2 Å². The van der Waals surface area contributed by atoms with Crippen LogP contribution in [0.3, 0.4) is 0 Å². The number of carbonyl (C=O) groups is 1. The van der Waals surface area contributed by atoms with Crippen LogP contribution in [0, 0.1) is 12.3 Å². The van der Waals surface area contributed by atoms with Crippen molar-refractivity contribution in [3.63, 3.8) is 0 Å². The second kappa shape index (κ2) is 8.95. The molecular weight excluding hydrogens is 398 g/mol. The fourth-order valence-electron chi connectivity index (χ4n) is 3.70. The summed E-state index contributed by atoms with van der Waals surface area (Å²) in [5.74, 6) is -0.327. The van der Waals surface area contributed by atoms with Gasteiger partial charge in [-0.3, -0.25) is 10.2 Å². The number of fused-ring (bicyclic) bond motifs is 1. The summed E-state index contributed by atoms with van der Waals surface area (Å²) >= 11 is 0. The van der Waals surface area contributed by atoms with E-state index in [1.807, 2.05) is 20.8 Å². The van der Waals surface area contributed by atoms with E-state index < -0.39 is 11.8 Å². The molecule has 164 valence electrons. The maximum absolute atomic E-state index is 12.5. The molecule has 0 aliphatic carbocycles. The molecule has 1 unspecified atom stereocenters. The zero-order valence-corrected chi connectivity index (χ0v) is 18.0. The Kier molecular flexibility index (Phi) is 6.33. The molecule has 0 spiro atoms. The zero-order chi connectivity index (χ0) is 22.7. The number of methoxy groups -OCH3 is 1. The number of aromatic nitrogens is 1. The van der Waals surface area contributed by atoms with Gasteiger partial charge in [-0.25, -0.2) is 4.98 Å².